The van der Waals surface area contributed by atoms with Gasteiger partial charge in [-0.2, -0.15) is 11.3 Å². The van der Waals surface area contributed by atoms with Gasteiger partial charge in [0.05, 0.1) is 5.02 Å². The minimum Gasteiger partial charge on any atom is -0.456 e. The molecule has 0 aliphatic carbocycles. The Bertz CT molecular complexity index is 661. The maximum absolute atomic E-state index is 13.0. The van der Waals surface area contributed by atoms with Gasteiger partial charge in [0.2, 0.25) is 0 Å². The van der Waals surface area contributed by atoms with E-state index in [1.807, 2.05) is 16.8 Å². The summed E-state index contributed by atoms with van der Waals surface area (Å²) >= 11 is 7.16. The van der Waals surface area contributed by atoms with Crippen LogP contribution in [0.3, 0.4) is 0 Å². The number of esters is 1. The number of benzene rings is 1. The van der Waals surface area contributed by atoms with Crippen LogP contribution in [0.4, 0.5) is 10.1 Å². The standard InChI is InChI=1S/C15H13ClFNO3S/c16-12-7-11(2-3-13(12)17)18-14(19)8-21-15(20)4-1-10-5-6-22-9-10/h2-3,5-7,9H,1,4,8H2,(H,18,19). The molecule has 116 valence electrons. The zero-order chi connectivity index (χ0) is 15.9. The minimum atomic E-state index is -0.570. The number of hydrogen-bond donors (Lipinski definition) is 1. The topological polar surface area (TPSA) is 55.4 Å². The Morgan fingerprint density at radius 1 is 1.32 bits per heavy atom. The summed E-state index contributed by atoms with van der Waals surface area (Å²) in [6, 6.07) is 5.73. The average molecular weight is 342 g/mol. The number of ether oxygens (including phenoxy) is 1. The molecule has 1 aromatic heterocycles. The van der Waals surface area contributed by atoms with Gasteiger partial charge in [0, 0.05) is 12.1 Å². The number of nitrogens with one attached hydrogen (secondary N) is 1. The first-order chi connectivity index (χ1) is 10.5. The second-order valence-corrected chi connectivity index (χ2v) is 5.66. The van der Waals surface area contributed by atoms with Crippen LogP contribution in [0.15, 0.2) is 35.0 Å². The molecule has 4 nitrogen and oxygen atoms in total. The van der Waals surface area contributed by atoms with Crippen LogP contribution in [0.5, 0.6) is 0 Å². The zero-order valence-electron chi connectivity index (χ0n) is 11.5. The van der Waals surface area contributed by atoms with Crippen LogP contribution in [0.1, 0.15) is 12.0 Å². The molecule has 0 unspecified atom stereocenters. The third-order valence-corrected chi connectivity index (χ3v) is 3.79. The molecule has 1 aromatic carbocycles. The summed E-state index contributed by atoms with van der Waals surface area (Å²) in [5.74, 6) is -1.52. The van der Waals surface area contributed by atoms with Gasteiger partial charge in [-0.15, -0.1) is 0 Å². The van der Waals surface area contributed by atoms with Gasteiger partial charge in [-0.1, -0.05) is 11.6 Å². The van der Waals surface area contributed by atoms with E-state index in [9.17, 15) is 14.0 Å². The molecule has 1 amide bonds. The van der Waals surface area contributed by atoms with Crippen molar-refractivity contribution in [2.75, 3.05) is 11.9 Å². The number of carbonyl (C=O) groups is 2. The first-order valence-corrected chi connectivity index (χ1v) is 7.78. The number of aryl methyl sites for hydroxylation is 1. The third-order valence-electron chi connectivity index (χ3n) is 2.77. The summed E-state index contributed by atoms with van der Waals surface area (Å²) < 4.78 is 17.9. The molecule has 0 atom stereocenters. The molecule has 0 saturated carbocycles. The van der Waals surface area contributed by atoms with Gasteiger partial charge < -0.3 is 10.1 Å². The van der Waals surface area contributed by atoms with Crippen molar-refractivity contribution in [3.05, 3.63) is 51.4 Å². The van der Waals surface area contributed by atoms with E-state index in [-0.39, 0.29) is 11.4 Å². The summed E-state index contributed by atoms with van der Waals surface area (Å²) in [4.78, 5) is 23.1. The largest absolute Gasteiger partial charge is 0.456 e. The Balaban J connectivity index is 1.72. The van der Waals surface area contributed by atoms with Crippen molar-refractivity contribution >= 4 is 40.5 Å². The summed E-state index contributed by atoms with van der Waals surface area (Å²) in [6.07, 6.45) is 0.796. The third kappa shape index (κ3) is 5.13. The fourth-order valence-electron chi connectivity index (χ4n) is 1.67. The Morgan fingerprint density at radius 2 is 2.14 bits per heavy atom. The van der Waals surface area contributed by atoms with Crippen molar-refractivity contribution in [2.24, 2.45) is 0 Å². The van der Waals surface area contributed by atoms with E-state index < -0.39 is 24.3 Å². The van der Waals surface area contributed by atoms with E-state index in [0.29, 0.717) is 12.1 Å². The average Bonchev–Trinajstić information content (AvgIpc) is 3.00. The molecule has 0 aliphatic heterocycles. The smallest absolute Gasteiger partial charge is 0.306 e. The number of thiophene rings is 1. The Hall–Kier alpha value is -1.92. The van der Waals surface area contributed by atoms with E-state index in [1.165, 1.54) is 12.1 Å². The SMILES string of the molecule is O=C(COC(=O)CCc1ccsc1)Nc1ccc(F)c(Cl)c1. The van der Waals surface area contributed by atoms with Crippen molar-refractivity contribution in [3.8, 4) is 0 Å². The molecule has 1 heterocycles. The number of halogens is 2. The molecule has 2 rings (SSSR count). The maximum Gasteiger partial charge on any atom is 0.306 e. The number of carbonyl (C=O) groups excluding carboxylic acids is 2. The highest BCUT2D eigenvalue weighted by Crippen LogP contribution is 2.19. The Labute approximate surface area is 135 Å². The lowest BCUT2D eigenvalue weighted by molar-refractivity contribution is -0.147. The molecule has 0 bridgehead atoms. The summed E-state index contributed by atoms with van der Waals surface area (Å²) in [5.41, 5.74) is 1.40. The van der Waals surface area contributed by atoms with Gasteiger partial charge in [-0.3, -0.25) is 9.59 Å². The van der Waals surface area contributed by atoms with Crippen molar-refractivity contribution in [2.45, 2.75) is 12.8 Å². The van der Waals surface area contributed by atoms with Gasteiger partial charge in [0.15, 0.2) is 6.61 Å². The predicted molar refractivity (Wildman–Crippen MR) is 83.6 cm³/mol. The molecule has 2 aromatic rings. The second-order valence-electron chi connectivity index (χ2n) is 4.47. The van der Waals surface area contributed by atoms with Crippen LogP contribution in [-0.4, -0.2) is 18.5 Å². The van der Waals surface area contributed by atoms with Crippen LogP contribution in [0, 0.1) is 5.82 Å². The lowest BCUT2D eigenvalue weighted by Crippen LogP contribution is -2.21. The Kier molecular flexibility index (Phi) is 5.91. The summed E-state index contributed by atoms with van der Waals surface area (Å²) in [7, 11) is 0. The lowest BCUT2D eigenvalue weighted by Gasteiger charge is -2.07. The molecule has 1 N–H and O–H groups in total. The van der Waals surface area contributed by atoms with Gasteiger partial charge in [-0.25, -0.2) is 4.39 Å². The van der Waals surface area contributed by atoms with Crippen molar-refractivity contribution in [1.82, 2.24) is 0 Å². The molecule has 0 saturated heterocycles. The molecule has 22 heavy (non-hydrogen) atoms. The van der Waals surface area contributed by atoms with Crippen molar-refractivity contribution in [1.29, 1.82) is 0 Å². The van der Waals surface area contributed by atoms with Crippen LogP contribution < -0.4 is 5.32 Å². The zero-order valence-corrected chi connectivity index (χ0v) is 13.0. The highest BCUT2D eigenvalue weighted by molar-refractivity contribution is 7.07. The highest BCUT2D eigenvalue weighted by atomic mass is 35.5. The molecular formula is C15H13ClFNO3S. The van der Waals surface area contributed by atoms with E-state index >= 15 is 0 Å². The summed E-state index contributed by atoms with van der Waals surface area (Å²) in [6.45, 7) is -0.391. The van der Waals surface area contributed by atoms with Crippen LogP contribution in [-0.2, 0) is 20.7 Å². The molecule has 0 spiro atoms. The number of amides is 1. The van der Waals surface area contributed by atoms with Crippen molar-refractivity contribution in [3.63, 3.8) is 0 Å². The molecule has 7 heteroatoms. The normalized spacial score (nSPS) is 10.3. The summed E-state index contributed by atoms with van der Waals surface area (Å²) in [5, 5.41) is 6.27. The fourth-order valence-corrected chi connectivity index (χ4v) is 2.55. The van der Waals surface area contributed by atoms with E-state index in [4.69, 9.17) is 16.3 Å². The molecule has 0 aliphatic rings. The Morgan fingerprint density at radius 3 is 2.82 bits per heavy atom. The number of anilines is 1. The number of hydrogen-bond acceptors (Lipinski definition) is 4. The van der Waals surface area contributed by atoms with Gasteiger partial charge in [0.25, 0.3) is 5.91 Å². The second kappa shape index (κ2) is 7.91. The maximum atomic E-state index is 13.0. The number of rotatable bonds is 6. The van der Waals surface area contributed by atoms with Crippen LogP contribution in [0.2, 0.25) is 5.02 Å². The highest BCUT2D eigenvalue weighted by Gasteiger charge is 2.09. The molecule has 0 radical (unpaired) electrons. The predicted octanol–water partition coefficient (Wildman–Crippen LogP) is 3.66. The lowest BCUT2D eigenvalue weighted by atomic mass is 10.2. The van der Waals surface area contributed by atoms with Crippen LogP contribution >= 0.6 is 22.9 Å². The fraction of sp³-hybridized carbons (Fsp3) is 0.200. The quantitative estimate of drug-likeness (QED) is 0.816. The van der Waals surface area contributed by atoms with E-state index in [0.717, 1.165) is 11.6 Å². The van der Waals surface area contributed by atoms with Crippen LogP contribution in [0.25, 0.3) is 0 Å². The van der Waals surface area contributed by atoms with E-state index in [2.05, 4.69) is 5.32 Å². The molecular weight excluding hydrogens is 329 g/mol. The minimum absolute atomic E-state index is 0.0921. The van der Waals surface area contributed by atoms with Gasteiger partial charge in [0.1, 0.15) is 5.82 Å². The van der Waals surface area contributed by atoms with Crippen molar-refractivity contribution < 1.29 is 18.7 Å². The first-order valence-electron chi connectivity index (χ1n) is 6.46. The first kappa shape index (κ1) is 16.5. The van der Waals surface area contributed by atoms with E-state index in [1.54, 1.807) is 11.3 Å². The monoisotopic (exact) mass is 341 g/mol. The van der Waals surface area contributed by atoms with Gasteiger partial charge >= 0.3 is 5.97 Å². The van der Waals surface area contributed by atoms with Gasteiger partial charge in [-0.05, 0) is 47.0 Å². The molecule has 0 fully saturated rings.